The first-order valence-electron chi connectivity index (χ1n) is 6.83. The molecule has 0 aliphatic carbocycles. The van der Waals surface area contributed by atoms with Gasteiger partial charge in [0.15, 0.2) is 0 Å². The first-order valence-corrected chi connectivity index (χ1v) is 7.71. The number of nitrogens with zero attached hydrogens (tertiary/aromatic N) is 1. The Morgan fingerprint density at radius 2 is 2.11 bits per heavy atom. The van der Waals surface area contributed by atoms with Gasteiger partial charge in [-0.2, -0.15) is 0 Å². The van der Waals surface area contributed by atoms with E-state index in [1.807, 2.05) is 11.3 Å². The lowest BCUT2D eigenvalue weighted by atomic mass is 9.93. The lowest BCUT2D eigenvalue weighted by molar-refractivity contribution is 0.458. The average Bonchev–Trinajstić information content (AvgIpc) is 2.92. The van der Waals surface area contributed by atoms with Crippen molar-refractivity contribution >= 4 is 17.0 Å². The Kier molecular flexibility index (Phi) is 3.58. The third-order valence-corrected chi connectivity index (χ3v) is 4.83. The molecule has 0 bridgehead atoms. The summed E-state index contributed by atoms with van der Waals surface area (Å²) in [5.41, 5.74) is 8.87. The molecule has 2 heterocycles. The largest absolute Gasteiger partial charge is 0.369 e. The second kappa shape index (κ2) is 5.35. The Hall–Kier alpha value is -1.32. The van der Waals surface area contributed by atoms with E-state index in [4.69, 9.17) is 5.73 Å². The minimum Gasteiger partial charge on any atom is -0.369 e. The van der Waals surface area contributed by atoms with Gasteiger partial charge in [0.25, 0.3) is 0 Å². The first kappa shape index (κ1) is 12.7. The van der Waals surface area contributed by atoms with Crippen molar-refractivity contribution in [3.63, 3.8) is 0 Å². The highest BCUT2D eigenvalue weighted by molar-refractivity contribution is 7.10. The van der Waals surface area contributed by atoms with Crippen molar-refractivity contribution in [3.8, 4) is 0 Å². The molecule has 3 heteroatoms. The fraction of sp³-hybridized carbons (Fsp3) is 0.375. The molecule has 2 atom stereocenters. The molecule has 1 saturated heterocycles. The zero-order chi connectivity index (χ0) is 13.2. The van der Waals surface area contributed by atoms with Crippen molar-refractivity contribution in [1.29, 1.82) is 0 Å². The van der Waals surface area contributed by atoms with Crippen LogP contribution in [0, 0.1) is 6.92 Å². The summed E-state index contributed by atoms with van der Waals surface area (Å²) in [7, 11) is 0. The third kappa shape index (κ3) is 2.82. The molecule has 1 aromatic heterocycles. The number of piperidine rings is 1. The fourth-order valence-electron chi connectivity index (χ4n) is 2.90. The van der Waals surface area contributed by atoms with Gasteiger partial charge in [-0.25, -0.2) is 0 Å². The van der Waals surface area contributed by atoms with E-state index in [9.17, 15) is 0 Å². The number of thiophene rings is 1. The van der Waals surface area contributed by atoms with Crippen LogP contribution >= 0.6 is 11.3 Å². The maximum atomic E-state index is 6.26. The van der Waals surface area contributed by atoms with E-state index in [2.05, 4.69) is 53.6 Å². The Labute approximate surface area is 118 Å². The molecule has 2 unspecified atom stereocenters. The first-order chi connectivity index (χ1) is 9.22. The molecule has 2 aromatic rings. The van der Waals surface area contributed by atoms with Crippen molar-refractivity contribution < 1.29 is 0 Å². The van der Waals surface area contributed by atoms with E-state index in [0.29, 0.717) is 5.92 Å². The standard InChI is InChI=1S/C16H20N2S/c1-12-4-2-5-15(8-12)18-10-13(9-14(17)11-18)16-6-3-7-19-16/h2-8,13-14H,9-11,17H2,1H3. The molecule has 0 radical (unpaired) electrons. The smallest absolute Gasteiger partial charge is 0.0369 e. The lowest BCUT2D eigenvalue weighted by Crippen LogP contribution is -2.46. The van der Waals surface area contributed by atoms with Gasteiger partial charge in [-0.15, -0.1) is 11.3 Å². The number of anilines is 1. The number of nitrogens with two attached hydrogens (primary N) is 1. The van der Waals surface area contributed by atoms with E-state index in [-0.39, 0.29) is 6.04 Å². The quantitative estimate of drug-likeness (QED) is 0.908. The lowest BCUT2D eigenvalue weighted by Gasteiger charge is -2.37. The van der Waals surface area contributed by atoms with E-state index < -0.39 is 0 Å². The molecule has 2 nitrogen and oxygen atoms in total. The number of hydrogen-bond donors (Lipinski definition) is 1. The van der Waals surface area contributed by atoms with Crippen LogP contribution < -0.4 is 10.6 Å². The van der Waals surface area contributed by atoms with Crippen molar-refractivity contribution in [2.75, 3.05) is 18.0 Å². The Morgan fingerprint density at radius 3 is 2.84 bits per heavy atom. The monoisotopic (exact) mass is 272 g/mol. The van der Waals surface area contributed by atoms with Crippen LogP contribution in [0.3, 0.4) is 0 Å². The highest BCUT2D eigenvalue weighted by Crippen LogP contribution is 2.32. The summed E-state index contributed by atoms with van der Waals surface area (Å²) in [6.07, 6.45) is 1.10. The number of hydrogen-bond acceptors (Lipinski definition) is 3. The summed E-state index contributed by atoms with van der Waals surface area (Å²) in [6.45, 7) is 4.19. The molecule has 0 amide bonds. The molecule has 1 aliphatic heterocycles. The molecule has 19 heavy (non-hydrogen) atoms. The number of aryl methyl sites for hydroxylation is 1. The normalized spacial score (nSPS) is 23.6. The van der Waals surface area contributed by atoms with Gasteiger partial charge < -0.3 is 10.6 Å². The molecule has 1 aliphatic rings. The van der Waals surface area contributed by atoms with Gasteiger partial charge in [0.2, 0.25) is 0 Å². The molecule has 0 saturated carbocycles. The van der Waals surface area contributed by atoms with Crippen LogP contribution in [0.4, 0.5) is 5.69 Å². The van der Waals surface area contributed by atoms with Gasteiger partial charge in [-0.3, -0.25) is 0 Å². The third-order valence-electron chi connectivity index (χ3n) is 3.80. The minimum absolute atomic E-state index is 0.265. The summed E-state index contributed by atoms with van der Waals surface area (Å²) in [5, 5.41) is 2.16. The zero-order valence-corrected chi connectivity index (χ0v) is 12.1. The maximum absolute atomic E-state index is 6.26. The van der Waals surface area contributed by atoms with Crippen LogP contribution in [0.1, 0.15) is 22.8 Å². The van der Waals surface area contributed by atoms with E-state index in [0.717, 1.165) is 19.5 Å². The molecule has 3 rings (SSSR count). The van der Waals surface area contributed by atoms with Crippen molar-refractivity contribution in [2.24, 2.45) is 5.73 Å². The van der Waals surface area contributed by atoms with Crippen LogP contribution in [0.2, 0.25) is 0 Å². The summed E-state index contributed by atoms with van der Waals surface area (Å²) in [5.74, 6) is 0.573. The van der Waals surface area contributed by atoms with E-state index in [1.54, 1.807) is 0 Å². The van der Waals surface area contributed by atoms with Crippen LogP contribution in [0.25, 0.3) is 0 Å². The Balaban J connectivity index is 1.83. The second-order valence-corrected chi connectivity index (χ2v) is 6.43. The van der Waals surface area contributed by atoms with Crippen LogP contribution in [0.15, 0.2) is 41.8 Å². The summed E-state index contributed by atoms with van der Waals surface area (Å²) >= 11 is 1.85. The van der Waals surface area contributed by atoms with E-state index >= 15 is 0 Å². The second-order valence-electron chi connectivity index (χ2n) is 5.45. The minimum atomic E-state index is 0.265. The van der Waals surface area contributed by atoms with Crippen molar-refractivity contribution in [1.82, 2.24) is 0 Å². The topological polar surface area (TPSA) is 29.3 Å². The SMILES string of the molecule is Cc1cccc(N2CC(N)CC(c3cccs3)C2)c1. The summed E-state index contributed by atoms with van der Waals surface area (Å²) in [6, 6.07) is 13.4. The maximum Gasteiger partial charge on any atom is 0.0369 e. The molecular formula is C16H20N2S. The zero-order valence-electron chi connectivity index (χ0n) is 11.3. The average molecular weight is 272 g/mol. The predicted molar refractivity (Wildman–Crippen MR) is 83.0 cm³/mol. The van der Waals surface area contributed by atoms with Gasteiger partial charge >= 0.3 is 0 Å². The molecule has 2 N–H and O–H groups in total. The van der Waals surface area contributed by atoms with Gasteiger partial charge in [0.05, 0.1) is 0 Å². The molecule has 0 spiro atoms. The van der Waals surface area contributed by atoms with Gasteiger partial charge in [0, 0.05) is 35.6 Å². The molecule has 1 fully saturated rings. The van der Waals surface area contributed by atoms with Gasteiger partial charge in [0.1, 0.15) is 0 Å². The molecular weight excluding hydrogens is 252 g/mol. The Morgan fingerprint density at radius 1 is 1.21 bits per heavy atom. The highest BCUT2D eigenvalue weighted by atomic mass is 32.1. The summed E-state index contributed by atoms with van der Waals surface area (Å²) in [4.78, 5) is 3.90. The van der Waals surface area contributed by atoms with Crippen LogP contribution in [-0.2, 0) is 0 Å². The Bertz CT molecular complexity index is 535. The molecule has 100 valence electrons. The van der Waals surface area contributed by atoms with Crippen LogP contribution in [0.5, 0.6) is 0 Å². The highest BCUT2D eigenvalue weighted by Gasteiger charge is 2.26. The number of benzene rings is 1. The van der Waals surface area contributed by atoms with E-state index in [1.165, 1.54) is 16.1 Å². The fourth-order valence-corrected chi connectivity index (χ4v) is 3.74. The van der Waals surface area contributed by atoms with Gasteiger partial charge in [-0.05, 0) is 42.5 Å². The van der Waals surface area contributed by atoms with Gasteiger partial charge in [-0.1, -0.05) is 18.2 Å². The van der Waals surface area contributed by atoms with Crippen molar-refractivity contribution in [3.05, 3.63) is 52.2 Å². The number of rotatable bonds is 2. The summed E-state index contributed by atoms with van der Waals surface area (Å²) < 4.78 is 0. The van der Waals surface area contributed by atoms with Crippen molar-refractivity contribution in [2.45, 2.75) is 25.3 Å². The van der Waals surface area contributed by atoms with Crippen LogP contribution in [-0.4, -0.2) is 19.1 Å². The predicted octanol–water partition coefficient (Wildman–Crippen LogP) is 3.38. The molecule has 1 aromatic carbocycles.